The SMILES string of the molecule is Cc1nnc(SC(=O)c2cccc(Cl)c2)s1. The molecule has 6 heteroatoms. The minimum atomic E-state index is -0.0707. The van der Waals surface area contributed by atoms with Crippen LogP contribution in [0.5, 0.6) is 0 Å². The van der Waals surface area contributed by atoms with Gasteiger partial charge in [-0.15, -0.1) is 10.2 Å². The van der Waals surface area contributed by atoms with Crippen molar-refractivity contribution in [3.63, 3.8) is 0 Å². The molecule has 0 aliphatic carbocycles. The first-order valence-corrected chi connectivity index (χ1v) is 6.44. The quantitative estimate of drug-likeness (QED) is 0.784. The molecule has 0 bridgehead atoms. The molecule has 0 atom stereocenters. The van der Waals surface area contributed by atoms with Gasteiger partial charge in [-0.1, -0.05) is 35.1 Å². The highest BCUT2D eigenvalue weighted by atomic mass is 35.5. The summed E-state index contributed by atoms with van der Waals surface area (Å²) >= 11 is 8.28. The van der Waals surface area contributed by atoms with Crippen molar-refractivity contribution in [2.45, 2.75) is 11.3 Å². The van der Waals surface area contributed by atoms with Crippen molar-refractivity contribution >= 4 is 39.8 Å². The topological polar surface area (TPSA) is 42.9 Å². The zero-order chi connectivity index (χ0) is 11.5. The second-order valence-electron chi connectivity index (χ2n) is 2.99. The smallest absolute Gasteiger partial charge is 0.226 e. The van der Waals surface area contributed by atoms with Crippen LogP contribution in [0.2, 0.25) is 5.02 Å². The van der Waals surface area contributed by atoms with Gasteiger partial charge in [0.1, 0.15) is 5.01 Å². The summed E-state index contributed by atoms with van der Waals surface area (Å²) in [6, 6.07) is 6.86. The number of nitrogens with zero attached hydrogens (tertiary/aromatic N) is 2. The number of carbonyl (C=O) groups excluding carboxylic acids is 1. The summed E-state index contributed by atoms with van der Waals surface area (Å²) < 4.78 is 0.655. The molecular formula is C10H7ClN2OS2. The summed E-state index contributed by atoms with van der Waals surface area (Å²) in [5, 5.41) is 9.06. The van der Waals surface area contributed by atoms with E-state index >= 15 is 0 Å². The monoisotopic (exact) mass is 270 g/mol. The van der Waals surface area contributed by atoms with Gasteiger partial charge in [0.05, 0.1) is 0 Å². The maximum absolute atomic E-state index is 11.8. The Bertz CT molecular complexity index is 527. The van der Waals surface area contributed by atoms with Gasteiger partial charge in [-0.3, -0.25) is 4.79 Å². The van der Waals surface area contributed by atoms with E-state index < -0.39 is 0 Å². The maximum Gasteiger partial charge on any atom is 0.226 e. The molecule has 0 fully saturated rings. The third kappa shape index (κ3) is 2.81. The van der Waals surface area contributed by atoms with E-state index in [1.54, 1.807) is 24.3 Å². The average molecular weight is 271 g/mol. The Hall–Kier alpha value is -0.910. The van der Waals surface area contributed by atoms with Crippen molar-refractivity contribution in [3.8, 4) is 0 Å². The molecule has 0 radical (unpaired) electrons. The first kappa shape index (κ1) is 11.6. The van der Waals surface area contributed by atoms with Crippen LogP contribution in [0.15, 0.2) is 28.6 Å². The molecule has 3 nitrogen and oxygen atoms in total. The number of halogens is 1. The van der Waals surface area contributed by atoms with Crippen molar-refractivity contribution in [2.75, 3.05) is 0 Å². The standard InChI is InChI=1S/C10H7ClN2OS2/c1-6-12-13-10(15-6)16-9(14)7-3-2-4-8(11)5-7/h2-5H,1H3. The minimum absolute atomic E-state index is 0.0707. The van der Waals surface area contributed by atoms with Gasteiger partial charge in [-0.2, -0.15) is 0 Å². The molecule has 2 rings (SSSR count). The second kappa shape index (κ2) is 4.95. The fourth-order valence-electron chi connectivity index (χ4n) is 1.07. The van der Waals surface area contributed by atoms with E-state index in [-0.39, 0.29) is 5.12 Å². The number of benzene rings is 1. The molecular weight excluding hydrogens is 264 g/mol. The number of hydrogen-bond donors (Lipinski definition) is 0. The van der Waals surface area contributed by atoms with Crippen molar-refractivity contribution < 1.29 is 4.79 Å². The van der Waals surface area contributed by atoms with Gasteiger partial charge in [0, 0.05) is 10.6 Å². The molecule has 0 saturated carbocycles. The van der Waals surface area contributed by atoms with E-state index in [1.165, 1.54) is 11.3 Å². The summed E-state index contributed by atoms with van der Waals surface area (Å²) in [6.07, 6.45) is 0. The maximum atomic E-state index is 11.8. The molecule has 0 aliphatic rings. The number of rotatable bonds is 2. The van der Waals surface area contributed by atoms with Crippen LogP contribution in [0, 0.1) is 6.92 Å². The Morgan fingerprint density at radius 1 is 1.44 bits per heavy atom. The van der Waals surface area contributed by atoms with Gasteiger partial charge in [-0.05, 0) is 30.8 Å². The lowest BCUT2D eigenvalue weighted by atomic mass is 10.2. The molecule has 82 valence electrons. The van der Waals surface area contributed by atoms with Crippen LogP contribution >= 0.6 is 34.7 Å². The van der Waals surface area contributed by atoms with Crippen LogP contribution in [-0.4, -0.2) is 15.3 Å². The lowest BCUT2D eigenvalue weighted by Gasteiger charge is -1.97. The van der Waals surface area contributed by atoms with E-state index in [2.05, 4.69) is 10.2 Å². The van der Waals surface area contributed by atoms with Gasteiger partial charge >= 0.3 is 0 Å². The number of aromatic nitrogens is 2. The van der Waals surface area contributed by atoms with Crippen molar-refractivity contribution in [1.29, 1.82) is 0 Å². The second-order valence-corrected chi connectivity index (χ2v) is 5.82. The molecule has 2 aromatic rings. The van der Waals surface area contributed by atoms with Crippen LogP contribution in [0.25, 0.3) is 0 Å². The number of thioether (sulfide) groups is 1. The summed E-state index contributed by atoms with van der Waals surface area (Å²) in [5.74, 6) is 0. The zero-order valence-electron chi connectivity index (χ0n) is 8.31. The molecule has 1 heterocycles. The lowest BCUT2D eigenvalue weighted by Crippen LogP contribution is -1.92. The van der Waals surface area contributed by atoms with Crippen LogP contribution in [0.3, 0.4) is 0 Å². The van der Waals surface area contributed by atoms with Crippen molar-refractivity contribution in [2.24, 2.45) is 0 Å². The molecule has 0 spiro atoms. The van der Waals surface area contributed by atoms with Gasteiger partial charge in [0.2, 0.25) is 5.12 Å². The molecule has 0 unspecified atom stereocenters. The Morgan fingerprint density at radius 2 is 2.25 bits per heavy atom. The molecule has 16 heavy (non-hydrogen) atoms. The third-order valence-electron chi connectivity index (χ3n) is 1.75. The van der Waals surface area contributed by atoms with Gasteiger partial charge in [0.25, 0.3) is 0 Å². The van der Waals surface area contributed by atoms with Crippen LogP contribution < -0.4 is 0 Å². The Balaban J connectivity index is 2.14. The molecule has 0 amide bonds. The van der Waals surface area contributed by atoms with Crippen LogP contribution in [-0.2, 0) is 0 Å². The molecule has 0 aliphatic heterocycles. The van der Waals surface area contributed by atoms with E-state index in [1.807, 2.05) is 6.92 Å². The summed E-state index contributed by atoms with van der Waals surface area (Å²) in [4.78, 5) is 11.8. The van der Waals surface area contributed by atoms with Crippen LogP contribution in [0.4, 0.5) is 0 Å². The number of aryl methyl sites for hydroxylation is 1. The Kier molecular flexibility index (Phi) is 3.58. The molecule has 1 aromatic heterocycles. The largest absolute Gasteiger partial charge is 0.281 e. The van der Waals surface area contributed by atoms with Crippen molar-refractivity contribution in [3.05, 3.63) is 39.9 Å². The molecule has 0 saturated heterocycles. The normalized spacial score (nSPS) is 10.4. The first-order chi connectivity index (χ1) is 7.65. The molecule has 1 aromatic carbocycles. The van der Waals surface area contributed by atoms with E-state index in [9.17, 15) is 4.79 Å². The highest BCUT2D eigenvalue weighted by molar-refractivity contribution is 8.15. The van der Waals surface area contributed by atoms with E-state index in [0.717, 1.165) is 16.8 Å². The number of hydrogen-bond acceptors (Lipinski definition) is 5. The Labute approximate surface area is 106 Å². The third-order valence-corrected chi connectivity index (χ3v) is 3.79. The highest BCUT2D eigenvalue weighted by Gasteiger charge is 2.11. The number of carbonyl (C=O) groups is 1. The summed E-state index contributed by atoms with van der Waals surface area (Å²) in [6.45, 7) is 1.85. The van der Waals surface area contributed by atoms with E-state index in [4.69, 9.17) is 11.6 Å². The fourth-order valence-corrected chi connectivity index (χ4v) is 2.92. The van der Waals surface area contributed by atoms with Gasteiger partial charge < -0.3 is 0 Å². The van der Waals surface area contributed by atoms with Crippen molar-refractivity contribution in [1.82, 2.24) is 10.2 Å². The van der Waals surface area contributed by atoms with Crippen LogP contribution in [0.1, 0.15) is 15.4 Å². The Morgan fingerprint density at radius 3 is 2.88 bits per heavy atom. The lowest BCUT2D eigenvalue weighted by molar-refractivity contribution is 0.108. The fraction of sp³-hybridized carbons (Fsp3) is 0.100. The highest BCUT2D eigenvalue weighted by Crippen LogP contribution is 2.26. The average Bonchev–Trinajstić information content (AvgIpc) is 2.64. The first-order valence-electron chi connectivity index (χ1n) is 4.43. The van der Waals surface area contributed by atoms with E-state index in [0.29, 0.717) is 14.9 Å². The summed E-state index contributed by atoms with van der Waals surface area (Å²) in [7, 11) is 0. The molecule has 0 N–H and O–H groups in total. The zero-order valence-corrected chi connectivity index (χ0v) is 10.7. The predicted octanol–water partition coefficient (Wildman–Crippen LogP) is 3.43. The minimum Gasteiger partial charge on any atom is -0.281 e. The van der Waals surface area contributed by atoms with Gasteiger partial charge in [-0.25, -0.2) is 0 Å². The summed E-state index contributed by atoms with van der Waals surface area (Å²) in [5.41, 5.74) is 0.574. The van der Waals surface area contributed by atoms with Gasteiger partial charge in [0.15, 0.2) is 4.34 Å². The predicted molar refractivity (Wildman–Crippen MR) is 66.3 cm³/mol.